The average Bonchev–Trinajstić information content (AvgIpc) is 2.88. The quantitative estimate of drug-likeness (QED) is 0.608. The number of ketones is 1. The van der Waals surface area contributed by atoms with Gasteiger partial charge in [0.05, 0.1) is 5.41 Å². The molecule has 4 aliphatic rings. The van der Waals surface area contributed by atoms with E-state index in [1.54, 1.807) is 0 Å². The molecule has 0 heterocycles. The number of halogens is 2. The maximum atomic E-state index is 13.2. The van der Waals surface area contributed by atoms with Gasteiger partial charge in [-0.1, -0.05) is 0 Å². The monoisotopic (exact) mass is 336 g/mol. The van der Waals surface area contributed by atoms with Crippen LogP contribution in [0.1, 0.15) is 25.7 Å². The van der Waals surface area contributed by atoms with Crippen LogP contribution < -0.4 is 0 Å². The van der Waals surface area contributed by atoms with Gasteiger partial charge in [0.25, 0.3) is 0 Å². The molecular weight excluding hydrogens is 322 g/mol. The zero-order valence-corrected chi connectivity index (χ0v) is 12.2. The fraction of sp³-hybridized carbons (Fsp3) is 0.846. The van der Waals surface area contributed by atoms with Gasteiger partial charge in [-0.25, -0.2) is 0 Å². The molecule has 0 aromatic carbocycles. The molecule has 5 unspecified atom stereocenters. The van der Waals surface area contributed by atoms with Gasteiger partial charge in [0.1, 0.15) is 5.78 Å². The normalized spacial score (nSPS) is 45.0. The highest BCUT2D eigenvalue weighted by molar-refractivity contribution is 7.86. The highest BCUT2D eigenvalue weighted by Crippen LogP contribution is 2.83. The smallest absolute Gasteiger partial charge is 0.402 e. The lowest BCUT2D eigenvalue weighted by atomic mass is 9.38. The fourth-order valence-corrected chi connectivity index (χ4v) is 5.62. The van der Waals surface area contributed by atoms with Crippen molar-refractivity contribution >= 4 is 21.9 Å². The van der Waals surface area contributed by atoms with E-state index in [2.05, 4.69) is 4.74 Å². The average molecular weight is 336 g/mol. The maximum Gasteiger partial charge on any atom is 0.402 e. The van der Waals surface area contributed by atoms with Crippen LogP contribution in [0, 0.1) is 28.6 Å². The molecule has 5 atom stereocenters. The molecule has 0 saturated heterocycles. The van der Waals surface area contributed by atoms with Crippen LogP contribution in [-0.4, -0.2) is 36.6 Å². The van der Waals surface area contributed by atoms with Crippen LogP contribution in [0.3, 0.4) is 0 Å². The third kappa shape index (κ3) is 1.40. The van der Waals surface area contributed by atoms with E-state index >= 15 is 0 Å². The van der Waals surface area contributed by atoms with Crippen molar-refractivity contribution in [3.05, 3.63) is 0 Å². The summed E-state index contributed by atoms with van der Waals surface area (Å²) in [6, 6.07) is 0. The van der Waals surface area contributed by atoms with Crippen molar-refractivity contribution in [1.82, 2.24) is 0 Å². The Labute approximate surface area is 124 Å². The second kappa shape index (κ2) is 3.69. The second-order valence-electron chi connectivity index (χ2n) is 7.11. The van der Waals surface area contributed by atoms with E-state index in [1.807, 2.05) is 0 Å². The lowest BCUT2D eigenvalue weighted by molar-refractivity contribution is -0.190. The summed E-state index contributed by atoms with van der Waals surface area (Å²) in [5.41, 5.74) is -1.06. The second-order valence-corrected chi connectivity index (χ2v) is 8.65. The Kier molecular flexibility index (Phi) is 2.43. The molecule has 6 nitrogen and oxygen atoms in total. The number of alkyl halides is 2. The van der Waals surface area contributed by atoms with Crippen molar-refractivity contribution in [2.75, 3.05) is 6.61 Å². The van der Waals surface area contributed by atoms with E-state index in [-0.39, 0.29) is 29.0 Å². The molecule has 22 heavy (non-hydrogen) atoms. The van der Waals surface area contributed by atoms with Gasteiger partial charge in [-0.3, -0.25) is 14.1 Å². The molecule has 1 N–H and O–H groups in total. The third-order valence-corrected chi connectivity index (χ3v) is 7.20. The molecule has 4 fully saturated rings. The van der Waals surface area contributed by atoms with Crippen LogP contribution in [-0.2, 0) is 24.4 Å². The predicted molar refractivity (Wildman–Crippen MR) is 66.3 cm³/mol. The third-order valence-electron chi connectivity index (χ3n) is 6.32. The van der Waals surface area contributed by atoms with Crippen molar-refractivity contribution in [1.29, 1.82) is 0 Å². The molecular formula is C13H14F2O6S. The minimum atomic E-state index is -5.62. The first kappa shape index (κ1) is 14.5. The summed E-state index contributed by atoms with van der Waals surface area (Å²) in [5.74, 6) is -0.600. The summed E-state index contributed by atoms with van der Waals surface area (Å²) in [7, 11) is -5.62. The Balaban J connectivity index is 1.50. The highest BCUT2D eigenvalue weighted by Gasteiger charge is 2.83. The summed E-state index contributed by atoms with van der Waals surface area (Å²) >= 11 is 0. The first-order valence-electron chi connectivity index (χ1n) is 7.09. The van der Waals surface area contributed by atoms with Crippen LogP contribution in [0.4, 0.5) is 8.78 Å². The Morgan fingerprint density at radius 2 is 2.05 bits per heavy atom. The molecule has 0 aliphatic heterocycles. The summed E-state index contributed by atoms with van der Waals surface area (Å²) in [6.45, 7) is -1.70. The molecule has 1 spiro atoms. The molecule has 0 radical (unpaired) electrons. The van der Waals surface area contributed by atoms with Crippen LogP contribution in [0.15, 0.2) is 0 Å². The predicted octanol–water partition coefficient (Wildman–Crippen LogP) is 1.02. The van der Waals surface area contributed by atoms with E-state index in [1.165, 1.54) is 0 Å². The Bertz CT molecular complexity index is 703. The molecule has 9 heteroatoms. The number of carbonyl (C=O) groups is 2. The summed E-state index contributed by atoms with van der Waals surface area (Å²) < 4.78 is 60.3. The van der Waals surface area contributed by atoms with E-state index in [0.29, 0.717) is 19.3 Å². The molecule has 4 rings (SSSR count). The number of Topliss-reactive ketones (excluding diaryl/α,β-unsaturated/α-hetero) is 1. The highest BCUT2D eigenvalue weighted by atomic mass is 32.2. The van der Waals surface area contributed by atoms with Crippen molar-refractivity contribution < 1.29 is 36.1 Å². The van der Waals surface area contributed by atoms with Gasteiger partial charge in [0.2, 0.25) is 0 Å². The number of ether oxygens (including phenoxy) is 1. The topological polar surface area (TPSA) is 97.7 Å². The van der Waals surface area contributed by atoms with Crippen LogP contribution >= 0.6 is 0 Å². The number of rotatable bonds is 4. The van der Waals surface area contributed by atoms with Crippen LogP contribution in [0.2, 0.25) is 0 Å². The molecule has 4 aliphatic carbocycles. The largest absolute Gasteiger partial charge is 0.458 e. The zero-order chi connectivity index (χ0) is 16.1. The standard InChI is InChI=1S/C13H14F2O6S/c14-13(15,22(18,19)20)5-21-10(17)11-2-6-1-7-9(16)8(3-11)12(6,7)4-11/h6-8H,1-5H2,(H,18,19,20). The molecule has 0 aromatic heterocycles. The summed E-state index contributed by atoms with van der Waals surface area (Å²) in [5, 5.41) is -4.52. The number of hydrogen-bond donors (Lipinski definition) is 1. The number of fused-ring (bicyclic) bond motifs is 1. The molecule has 2 bridgehead atoms. The summed E-state index contributed by atoms with van der Waals surface area (Å²) in [6.07, 6.45) is 2.06. The number of carbonyl (C=O) groups excluding carboxylic acids is 2. The minimum absolute atomic E-state index is 0.0129. The van der Waals surface area contributed by atoms with Crippen LogP contribution in [0.5, 0.6) is 0 Å². The van der Waals surface area contributed by atoms with Crippen LogP contribution in [0.25, 0.3) is 0 Å². The minimum Gasteiger partial charge on any atom is -0.458 e. The lowest BCUT2D eigenvalue weighted by Gasteiger charge is -2.64. The number of esters is 1. The van der Waals surface area contributed by atoms with Crippen molar-refractivity contribution in [2.24, 2.45) is 28.6 Å². The van der Waals surface area contributed by atoms with Gasteiger partial charge in [-0.15, -0.1) is 0 Å². The van der Waals surface area contributed by atoms with Gasteiger partial charge in [-0.2, -0.15) is 17.2 Å². The zero-order valence-electron chi connectivity index (χ0n) is 11.4. The first-order valence-corrected chi connectivity index (χ1v) is 8.53. The van der Waals surface area contributed by atoms with Gasteiger partial charge in [0, 0.05) is 11.8 Å². The number of hydrogen-bond acceptors (Lipinski definition) is 5. The molecule has 4 saturated carbocycles. The van der Waals surface area contributed by atoms with Gasteiger partial charge in [0.15, 0.2) is 6.61 Å². The van der Waals surface area contributed by atoms with Crippen molar-refractivity contribution in [2.45, 2.75) is 30.9 Å². The van der Waals surface area contributed by atoms with Gasteiger partial charge < -0.3 is 4.74 Å². The van der Waals surface area contributed by atoms with E-state index in [0.717, 1.165) is 6.42 Å². The Hall–Kier alpha value is -1.09. The van der Waals surface area contributed by atoms with Gasteiger partial charge in [-0.05, 0) is 37.0 Å². The SMILES string of the molecule is O=C1C2CC3CC4(C(=O)OCC(F)(F)S(=O)(=O)O)CC1C32C4. The van der Waals surface area contributed by atoms with E-state index in [4.69, 9.17) is 4.55 Å². The summed E-state index contributed by atoms with van der Waals surface area (Å²) in [4.78, 5) is 24.1. The molecule has 0 amide bonds. The first-order chi connectivity index (χ1) is 10.0. The van der Waals surface area contributed by atoms with Crippen molar-refractivity contribution in [3.8, 4) is 0 Å². The Morgan fingerprint density at radius 1 is 1.36 bits per heavy atom. The fourth-order valence-electron chi connectivity index (χ4n) is 5.41. The van der Waals surface area contributed by atoms with Gasteiger partial charge >= 0.3 is 21.3 Å². The van der Waals surface area contributed by atoms with E-state index < -0.39 is 33.4 Å². The maximum absolute atomic E-state index is 13.2. The Morgan fingerprint density at radius 3 is 2.64 bits per heavy atom. The molecule has 0 aromatic rings. The molecule has 122 valence electrons. The lowest BCUT2D eigenvalue weighted by Crippen LogP contribution is -2.66. The van der Waals surface area contributed by atoms with E-state index in [9.17, 15) is 26.8 Å². The van der Waals surface area contributed by atoms with Crippen molar-refractivity contribution in [3.63, 3.8) is 0 Å².